The summed E-state index contributed by atoms with van der Waals surface area (Å²) in [5, 5.41) is 8.10. The SMILES string of the molecule is CCc1c(C)nn(CC(=O)N2CCC[C@H](Nc3ccccc3)C2)c1C. The second-order valence-electron chi connectivity index (χ2n) is 6.85. The maximum absolute atomic E-state index is 12.8. The number of anilines is 1. The molecule has 1 aromatic heterocycles. The number of benzene rings is 1. The minimum atomic E-state index is 0.160. The molecule has 0 bridgehead atoms. The van der Waals surface area contributed by atoms with Crippen molar-refractivity contribution < 1.29 is 4.79 Å². The molecule has 0 unspecified atom stereocenters. The number of para-hydroxylation sites is 1. The predicted molar refractivity (Wildman–Crippen MR) is 101 cm³/mol. The summed E-state index contributed by atoms with van der Waals surface area (Å²) in [4.78, 5) is 14.7. The van der Waals surface area contributed by atoms with Crippen molar-refractivity contribution in [3.63, 3.8) is 0 Å². The van der Waals surface area contributed by atoms with Crippen LogP contribution in [0.1, 0.15) is 36.7 Å². The van der Waals surface area contributed by atoms with Crippen LogP contribution in [0.5, 0.6) is 0 Å². The Morgan fingerprint density at radius 3 is 2.72 bits per heavy atom. The second kappa shape index (κ2) is 7.72. The highest BCUT2D eigenvalue weighted by Crippen LogP contribution is 2.18. The molecule has 5 heteroatoms. The Balaban J connectivity index is 1.62. The van der Waals surface area contributed by atoms with Crippen LogP contribution in [0.2, 0.25) is 0 Å². The molecule has 1 saturated heterocycles. The summed E-state index contributed by atoms with van der Waals surface area (Å²) in [6.07, 6.45) is 3.09. The molecule has 0 saturated carbocycles. The number of amides is 1. The van der Waals surface area contributed by atoms with Crippen molar-refractivity contribution in [3.8, 4) is 0 Å². The van der Waals surface area contributed by atoms with Gasteiger partial charge in [-0.05, 0) is 50.8 Å². The van der Waals surface area contributed by atoms with E-state index in [2.05, 4.69) is 36.4 Å². The Labute approximate surface area is 150 Å². The summed E-state index contributed by atoms with van der Waals surface area (Å²) >= 11 is 0. The van der Waals surface area contributed by atoms with E-state index in [1.165, 1.54) is 5.56 Å². The Kier molecular flexibility index (Phi) is 5.41. The highest BCUT2D eigenvalue weighted by Gasteiger charge is 2.24. The molecule has 1 aliphatic rings. The van der Waals surface area contributed by atoms with Crippen LogP contribution in [0.3, 0.4) is 0 Å². The third-order valence-corrected chi connectivity index (χ3v) is 5.09. The normalized spacial score (nSPS) is 17.6. The van der Waals surface area contributed by atoms with Crippen LogP contribution < -0.4 is 5.32 Å². The van der Waals surface area contributed by atoms with Crippen LogP contribution in [-0.4, -0.2) is 39.7 Å². The molecule has 0 radical (unpaired) electrons. The smallest absolute Gasteiger partial charge is 0.244 e. The fourth-order valence-corrected chi connectivity index (χ4v) is 3.72. The van der Waals surface area contributed by atoms with Gasteiger partial charge in [0.15, 0.2) is 0 Å². The Bertz CT molecular complexity index is 723. The molecule has 1 amide bonds. The van der Waals surface area contributed by atoms with Gasteiger partial charge in [-0.1, -0.05) is 25.1 Å². The molecule has 2 aromatic rings. The summed E-state index contributed by atoms with van der Waals surface area (Å²) in [6, 6.07) is 10.5. The fourth-order valence-electron chi connectivity index (χ4n) is 3.72. The summed E-state index contributed by atoms with van der Waals surface area (Å²) in [7, 11) is 0. The molecular weight excluding hydrogens is 312 g/mol. The number of nitrogens with one attached hydrogen (secondary N) is 1. The topological polar surface area (TPSA) is 50.2 Å². The van der Waals surface area contributed by atoms with Gasteiger partial charge >= 0.3 is 0 Å². The van der Waals surface area contributed by atoms with Gasteiger partial charge in [0.05, 0.1) is 5.69 Å². The summed E-state index contributed by atoms with van der Waals surface area (Å²) < 4.78 is 1.87. The van der Waals surface area contributed by atoms with Crippen molar-refractivity contribution in [2.24, 2.45) is 0 Å². The number of likely N-dealkylation sites (tertiary alicyclic amines) is 1. The van der Waals surface area contributed by atoms with Crippen LogP contribution in [-0.2, 0) is 17.8 Å². The number of carbonyl (C=O) groups is 1. The first-order valence-corrected chi connectivity index (χ1v) is 9.20. The van der Waals surface area contributed by atoms with Crippen molar-refractivity contribution in [2.75, 3.05) is 18.4 Å². The van der Waals surface area contributed by atoms with E-state index in [1.807, 2.05) is 34.7 Å². The summed E-state index contributed by atoms with van der Waals surface area (Å²) in [5.74, 6) is 0.160. The minimum absolute atomic E-state index is 0.160. The van der Waals surface area contributed by atoms with Gasteiger partial charge in [0, 0.05) is 30.5 Å². The molecule has 1 atom stereocenters. The number of carbonyl (C=O) groups excluding carboxylic acids is 1. The van der Waals surface area contributed by atoms with Gasteiger partial charge in [-0.3, -0.25) is 9.48 Å². The van der Waals surface area contributed by atoms with Crippen molar-refractivity contribution in [3.05, 3.63) is 47.3 Å². The molecule has 0 spiro atoms. The fraction of sp³-hybridized carbons (Fsp3) is 0.500. The van der Waals surface area contributed by atoms with Gasteiger partial charge in [-0.2, -0.15) is 5.10 Å². The lowest BCUT2D eigenvalue weighted by molar-refractivity contribution is -0.133. The van der Waals surface area contributed by atoms with Crippen LogP contribution >= 0.6 is 0 Å². The third-order valence-electron chi connectivity index (χ3n) is 5.09. The standard InChI is InChI=1S/C20H28N4O/c1-4-19-15(2)22-24(16(19)3)14-20(25)23-12-8-11-18(13-23)21-17-9-6-5-7-10-17/h5-7,9-10,18,21H,4,8,11-14H2,1-3H3/t18-/m0/s1. The molecule has 0 aliphatic carbocycles. The zero-order valence-electron chi connectivity index (χ0n) is 15.5. The molecule has 1 fully saturated rings. The zero-order valence-corrected chi connectivity index (χ0v) is 15.5. The zero-order chi connectivity index (χ0) is 17.8. The third kappa shape index (κ3) is 4.03. The van der Waals surface area contributed by atoms with Crippen molar-refractivity contribution in [2.45, 2.75) is 52.6 Å². The molecule has 5 nitrogen and oxygen atoms in total. The number of aromatic nitrogens is 2. The van der Waals surface area contributed by atoms with Crippen LogP contribution in [0, 0.1) is 13.8 Å². The maximum Gasteiger partial charge on any atom is 0.244 e. The summed E-state index contributed by atoms with van der Waals surface area (Å²) in [5.41, 5.74) is 4.53. The molecule has 25 heavy (non-hydrogen) atoms. The molecule has 3 rings (SSSR count). The first kappa shape index (κ1) is 17.5. The number of piperidine rings is 1. The van der Waals surface area contributed by atoms with E-state index in [4.69, 9.17) is 0 Å². The van der Waals surface area contributed by atoms with E-state index >= 15 is 0 Å². The van der Waals surface area contributed by atoms with E-state index in [0.717, 1.165) is 49.4 Å². The lowest BCUT2D eigenvalue weighted by atomic mass is 10.1. The van der Waals surface area contributed by atoms with Crippen LogP contribution in [0.4, 0.5) is 5.69 Å². The molecule has 1 aliphatic heterocycles. The summed E-state index contributed by atoms with van der Waals surface area (Å²) in [6.45, 7) is 8.15. The Morgan fingerprint density at radius 1 is 1.28 bits per heavy atom. The number of hydrogen-bond acceptors (Lipinski definition) is 3. The van der Waals surface area contributed by atoms with Gasteiger partial charge in [0.1, 0.15) is 6.54 Å². The quantitative estimate of drug-likeness (QED) is 0.909. The van der Waals surface area contributed by atoms with E-state index in [1.54, 1.807) is 0 Å². The first-order chi connectivity index (χ1) is 12.1. The molecule has 1 N–H and O–H groups in total. The van der Waals surface area contributed by atoms with Gasteiger partial charge in [-0.15, -0.1) is 0 Å². The largest absolute Gasteiger partial charge is 0.381 e. The molecular formula is C20H28N4O. The van der Waals surface area contributed by atoms with E-state index in [9.17, 15) is 4.79 Å². The van der Waals surface area contributed by atoms with Gasteiger partial charge in [-0.25, -0.2) is 0 Å². The number of hydrogen-bond donors (Lipinski definition) is 1. The van der Waals surface area contributed by atoms with E-state index < -0.39 is 0 Å². The average Bonchev–Trinajstić information content (AvgIpc) is 2.89. The Hall–Kier alpha value is -2.30. The van der Waals surface area contributed by atoms with Crippen LogP contribution in [0.15, 0.2) is 30.3 Å². The lowest BCUT2D eigenvalue weighted by Crippen LogP contribution is -2.46. The number of nitrogens with zero attached hydrogens (tertiary/aromatic N) is 3. The van der Waals surface area contributed by atoms with Crippen molar-refractivity contribution >= 4 is 11.6 Å². The highest BCUT2D eigenvalue weighted by atomic mass is 16.2. The second-order valence-corrected chi connectivity index (χ2v) is 6.85. The maximum atomic E-state index is 12.8. The highest BCUT2D eigenvalue weighted by molar-refractivity contribution is 5.76. The van der Waals surface area contributed by atoms with Crippen molar-refractivity contribution in [1.29, 1.82) is 0 Å². The van der Waals surface area contributed by atoms with Crippen molar-refractivity contribution in [1.82, 2.24) is 14.7 Å². The van der Waals surface area contributed by atoms with Gasteiger partial charge in [0.25, 0.3) is 0 Å². The first-order valence-electron chi connectivity index (χ1n) is 9.20. The van der Waals surface area contributed by atoms with E-state index in [0.29, 0.717) is 12.6 Å². The van der Waals surface area contributed by atoms with Gasteiger partial charge < -0.3 is 10.2 Å². The monoisotopic (exact) mass is 340 g/mol. The predicted octanol–water partition coefficient (Wildman–Crippen LogP) is 3.17. The van der Waals surface area contributed by atoms with E-state index in [-0.39, 0.29) is 5.91 Å². The van der Waals surface area contributed by atoms with Crippen LogP contribution in [0.25, 0.3) is 0 Å². The molecule has 1 aromatic carbocycles. The Morgan fingerprint density at radius 2 is 2.04 bits per heavy atom. The van der Waals surface area contributed by atoms with Gasteiger partial charge in [0.2, 0.25) is 5.91 Å². The lowest BCUT2D eigenvalue weighted by Gasteiger charge is -2.33. The minimum Gasteiger partial charge on any atom is -0.381 e. The average molecular weight is 340 g/mol. The number of rotatable bonds is 5. The number of aryl methyl sites for hydroxylation is 1. The molecule has 134 valence electrons. The molecule has 2 heterocycles.